The van der Waals surface area contributed by atoms with E-state index < -0.39 is 0 Å². The summed E-state index contributed by atoms with van der Waals surface area (Å²) in [5, 5.41) is 0. The van der Waals surface area contributed by atoms with Gasteiger partial charge in [0.2, 0.25) is 0 Å². The molecular formula is C19H26O2. The standard InChI is InChI=1S/C19H26O2/c1-17-6-5-14-12(13(17)2-3-15(17)20)8-16-19-9-11(19)4-7-18(14,19)10-21-16/h11-14,16H,2-10H2,1H3/t11-,12+,13+,14+,16-,17+,18+,19+/m1/s1. The molecule has 2 heteroatoms. The Balaban J connectivity index is 1.46. The lowest BCUT2D eigenvalue weighted by Crippen LogP contribution is -2.54. The Kier molecular flexibility index (Phi) is 1.89. The minimum atomic E-state index is 0.0311. The molecule has 114 valence electrons. The van der Waals surface area contributed by atoms with Crippen LogP contribution in [0, 0.1) is 39.9 Å². The molecule has 6 fully saturated rings. The van der Waals surface area contributed by atoms with Crippen molar-refractivity contribution in [2.75, 3.05) is 6.61 Å². The Hall–Kier alpha value is -0.370. The molecule has 6 rings (SSSR count). The molecule has 2 bridgehead atoms. The van der Waals surface area contributed by atoms with E-state index in [4.69, 9.17) is 4.74 Å². The minimum absolute atomic E-state index is 0.0311. The summed E-state index contributed by atoms with van der Waals surface area (Å²) in [4.78, 5) is 12.4. The van der Waals surface area contributed by atoms with Crippen LogP contribution in [0.1, 0.15) is 58.3 Å². The molecule has 0 unspecified atom stereocenters. The number of ketones is 1. The van der Waals surface area contributed by atoms with Crippen molar-refractivity contribution >= 4 is 5.78 Å². The normalized spacial score (nSPS) is 66.5. The van der Waals surface area contributed by atoms with Gasteiger partial charge in [0, 0.05) is 22.7 Å². The second kappa shape index (κ2) is 3.27. The van der Waals surface area contributed by atoms with Crippen molar-refractivity contribution in [1.29, 1.82) is 0 Å². The van der Waals surface area contributed by atoms with Crippen molar-refractivity contribution in [1.82, 2.24) is 0 Å². The summed E-state index contributed by atoms with van der Waals surface area (Å²) in [7, 11) is 0. The van der Waals surface area contributed by atoms with Crippen LogP contribution in [0.15, 0.2) is 0 Å². The van der Waals surface area contributed by atoms with Gasteiger partial charge in [-0.25, -0.2) is 0 Å². The van der Waals surface area contributed by atoms with Gasteiger partial charge >= 0.3 is 0 Å². The van der Waals surface area contributed by atoms with Crippen LogP contribution in [-0.2, 0) is 9.53 Å². The number of carbonyl (C=O) groups is 1. The number of fused-ring (bicyclic) bond motifs is 3. The van der Waals surface area contributed by atoms with E-state index in [-0.39, 0.29) is 5.41 Å². The molecule has 0 aromatic carbocycles. The predicted molar refractivity (Wildman–Crippen MR) is 78.6 cm³/mol. The molecule has 0 aromatic rings. The summed E-state index contributed by atoms with van der Waals surface area (Å²) in [6.45, 7) is 3.36. The molecule has 5 aliphatic carbocycles. The van der Waals surface area contributed by atoms with Gasteiger partial charge in [0.05, 0.1) is 12.7 Å². The van der Waals surface area contributed by atoms with Crippen LogP contribution in [0.4, 0.5) is 0 Å². The highest BCUT2D eigenvalue weighted by Gasteiger charge is 2.81. The van der Waals surface area contributed by atoms with E-state index in [0.717, 1.165) is 30.8 Å². The molecule has 8 atom stereocenters. The molecule has 1 spiro atoms. The van der Waals surface area contributed by atoms with Crippen LogP contribution < -0.4 is 0 Å². The second-order valence-corrected chi connectivity index (χ2v) is 9.47. The number of hydrogen-bond donors (Lipinski definition) is 0. The van der Waals surface area contributed by atoms with Crippen molar-refractivity contribution in [3.63, 3.8) is 0 Å². The van der Waals surface area contributed by atoms with Crippen molar-refractivity contribution in [3.05, 3.63) is 0 Å². The van der Waals surface area contributed by atoms with Crippen molar-refractivity contribution in [2.24, 2.45) is 39.9 Å². The Morgan fingerprint density at radius 1 is 1.14 bits per heavy atom. The Bertz CT molecular complexity index is 556. The Labute approximate surface area is 127 Å². The van der Waals surface area contributed by atoms with Crippen LogP contribution in [0.25, 0.3) is 0 Å². The number of hydrogen-bond acceptors (Lipinski definition) is 2. The predicted octanol–water partition coefficient (Wildman–Crippen LogP) is 3.59. The topological polar surface area (TPSA) is 26.3 Å². The molecule has 21 heavy (non-hydrogen) atoms. The number of ether oxygens (including phenoxy) is 1. The number of rotatable bonds is 0. The maximum absolute atomic E-state index is 12.4. The summed E-state index contributed by atoms with van der Waals surface area (Å²) in [6.07, 6.45) is 10.8. The van der Waals surface area contributed by atoms with Crippen molar-refractivity contribution < 1.29 is 9.53 Å². The quantitative estimate of drug-likeness (QED) is 0.680. The first kappa shape index (κ1) is 12.1. The Morgan fingerprint density at radius 2 is 2.05 bits per heavy atom. The largest absolute Gasteiger partial charge is 0.377 e. The van der Waals surface area contributed by atoms with E-state index in [1.807, 2.05) is 0 Å². The lowest BCUT2D eigenvalue weighted by molar-refractivity contribution is -0.135. The van der Waals surface area contributed by atoms with E-state index in [1.54, 1.807) is 0 Å². The SMILES string of the molecule is C[C@]12CC[C@H]3[C@@H](C[C@H]4OC[C@@]35CC[C@@H]3C[C@]345)[C@@H]1CCC2=O. The molecule has 0 amide bonds. The maximum atomic E-state index is 12.4. The lowest BCUT2D eigenvalue weighted by Gasteiger charge is -2.56. The first-order valence-electron chi connectivity index (χ1n) is 9.27. The molecular weight excluding hydrogens is 260 g/mol. The van der Waals surface area contributed by atoms with Gasteiger partial charge in [-0.05, 0) is 68.6 Å². The highest BCUT2D eigenvalue weighted by Crippen LogP contribution is 2.84. The minimum Gasteiger partial charge on any atom is -0.377 e. The van der Waals surface area contributed by atoms with Crippen LogP contribution in [0.5, 0.6) is 0 Å². The smallest absolute Gasteiger partial charge is 0.139 e. The van der Waals surface area contributed by atoms with Gasteiger partial charge in [-0.2, -0.15) is 0 Å². The summed E-state index contributed by atoms with van der Waals surface area (Å²) in [6, 6.07) is 0. The van der Waals surface area contributed by atoms with Gasteiger partial charge in [-0.3, -0.25) is 4.79 Å². The van der Waals surface area contributed by atoms with Gasteiger partial charge in [-0.15, -0.1) is 0 Å². The summed E-state index contributed by atoms with van der Waals surface area (Å²) in [5.74, 6) is 3.94. The zero-order valence-electron chi connectivity index (χ0n) is 13.1. The first-order chi connectivity index (χ1) is 10.1. The van der Waals surface area contributed by atoms with Gasteiger partial charge < -0.3 is 4.74 Å². The molecule has 1 aliphatic heterocycles. The zero-order chi connectivity index (χ0) is 14.0. The lowest BCUT2D eigenvalue weighted by atomic mass is 9.47. The second-order valence-electron chi connectivity index (χ2n) is 9.47. The molecule has 6 aliphatic rings. The van der Waals surface area contributed by atoms with E-state index in [9.17, 15) is 4.79 Å². The molecule has 2 nitrogen and oxygen atoms in total. The zero-order valence-corrected chi connectivity index (χ0v) is 13.1. The average Bonchev–Trinajstić information content (AvgIpc) is 2.89. The Morgan fingerprint density at radius 3 is 2.90 bits per heavy atom. The molecule has 0 radical (unpaired) electrons. The third-order valence-corrected chi connectivity index (χ3v) is 9.48. The molecule has 1 heterocycles. The van der Waals surface area contributed by atoms with Gasteiger partial charge in [-0.1, -0.05) is 6.92 Å². The summed E-state index contributed by atoms with van der Waals surface area (Å²) in [5.41, 5.74) is 1.19. The molecule has 0 N–H and O–H groups in total. The third-order valence-electron chi connectivity index (χ3n) is 9.48. The van der Waals surface area contributed by atoms with E-state index in [0.29, 0.717) is 28.6 Å². The van der Waals surface area contributed by atoms with E-state index in [1.165, 1.54) is 44.9 Å². The first-order valence-corrected chi connectivity index (χ1v) is 9.27. The maximum Gasteiger partial charge on any atom is 0.139 e. The van der Waals surface area contributed by atoms with Crippen molar-refractivity contribution in [3.8, 4) is 0 Å². The van der Waals surface area contributed by atoms with E-state index in [2.05, 4.69) is 6.92 Å². The fourth-order valence-corrected chi connectivity index (χ4v) is 8.54. The highest BCUT2D eigenvalue weighted by atomic mass is 16.5. The van der Waals surface area contributed by atoms with Gasteiger partial charge in [0.25, 0.3) is 0 Å². The van der Waals surface area contributed by atoms with Crippen LogP contribution in [0.2, 0.25) is 0 Å². The fraction of sp³-hybridized carbons (Fsp3) is 0.947. The van der Waals surface area contributed by atoms with Crippen LogP contribution in [0.3, 0.4) is 0 Å². The average molecular weight is 286 g/mol. The number of carbonyl (C=O) groups excluding carboxylic acids is 1. The molecule has 1 saturated heterocycles. The van der Waals surface area contributed by atoms with Crippen molar-refractivity contribution in [2.45, 2.75) is 64.4 Å². The molecule has 5 saturated carbocycles. The third kappa shape index (κ3) is 1.04. The van der Waals surface area contributed by atoms with Gasteiger partial charge in [0.1, 0.15) is 5.78 Å². The summed E-state index contributed by atoms with van der Waals surface area (Å²) < 4.78 is 6.39. The summed E-state index contributed by atoms with van der Waals surface area (Å²) >= 11 is 0. The highest BCUT2D eigenvalue weighted by molar-refractivity contribution is 5.87. The van der Waals surface area contributed by atoms with Crippen LogP contribution in [-0.4, -0.2) is 18.5 Å². The van der Waals surface area contributed by atoms with E-state index >= 15 is 0 Å². The van der Waals surface area contributed by atoms with Gasteiger partial charge in [0.15, 0.2) is 0 Å². The number of Topliss-reactive ketones (excluding diaryl/α,β-unsaturated/α-hetero) is 1. The fourth-order valence-electron chi connectivity index (χ4n) is 8.54. The molecule has 0 aromatic heterocycles. The monoisotopic (exact) mass is 286 g/mol. The van der Waals surface area contributed by atoms with Crippen LogP contribution >= 0.6 is 0 Å².